The van der Waals surface area contributed by atoms with Crippen LogP contribution in [0.5, 0.6) is 0 Å². The van der Waals surface area contributed by atoms with Crippen LogP contribution in [0.3, 0.4) is 0 Å². The summed E-state index contributed by atoms with van der Waals surface area (Å²) in [6.07, 6.45) is 4.23. The molecule has 0 atom stereocenters. The number of hydrogen-bond acceptors (Lipinski definition) is 6. The number of aryl methyl sites for hydroxylation is 2. The minimum atomic E-state index is -0.580. The summed E-state index contributed by atoms with van der Waals surface area (Å²) in [6.45, 7) is 12.0. The fraction of sp³-hybridized carbons (Fsp3) is 0.500. The van der Waals surface area contributed by atoms with Gasteiger partial charge in [-0.25, -0.2) is 9.37 Å². The minimum Gasteiger partial charge on any atom is -0.355 e. The second-order valence-corrected chi connectivity index (χ2v) is 10.6. The maximum atomic E-state index is 13.7. The van der Waals surface area contributed by atoms with Crippen LogP contribution >= 0.6 is 23.2 Å². The molecule has 0 spiro atoms. The highest BCUT2D eigenvalue weighted by Crippen LogP contribution is 2.31. The van der Waals surface area contributed by atoms with Crippen LogP contribution in [0.15, 0.2) is 30.5 Å². The monoisotopic (exact) mass is 505 g/mol. The molecule has 3 heterocycles. The maximum Gasteiger partial charge on any atom is 0.157 e. The van der Waals surface area contributed by atoms with Gasteiger partial charge >= 0.3 is 0 Å². The van der Waals surface area contributed by atoms with Crippen molar-refractivity contribution in [1.82, 2.24) is 30.1 Å². The van der Waals surface area contributed by atoms with Crippen LogP contribution in [0.2, 0.25) is 10.0 Å². The van der Waals surface area contributed by atoms with E-state index in [1.165, 1.54) is 16.8 Å². The van der Waals surface area contributed by atoms with Crippen LogP contribution in [0, 0.1) is 11.2 Å². The lowest BCUT2D eigenvalue weighted by Crippen LogP contribution is -2.36. The molecular formula is C24H30Cl2FN7. The third kappa shape index (κ3) is 5.85. The molecule has 4 rings (SSSR count). The van der Waals surface area contributed by atoms with Crippen molar-refractivity contribution in [1.29, 1.82) is 0 Å². The Morgan fingerprint density at radius 1 is 1.00 bits per heavy atom. The fourth-order valence-electron chi connectivity index (χ4n) is 4.40. The van der Waals surface area contributed by atoms with Crippen molar-refractivity contribution in [3.8, 4) is 5.69 Å². The first kappa shape index (κ1) is 24.8. The van der Waals surface area contributed by atoms with Gasteiger partial charge in [-0.2, -0.15) is 4.68 Å². The van der Waals surface area contributed by atoms with Crippen molar-refractivity contribution in [2.24, 2.45) is 5.41 Å². The second kappa shape index (κ2) is 10.5. The molecule has 34 heavy (non-hydrogen) atoms. The first-order chi connectivity index (χ1) is 16.2. The number of aromatic nitrogens is 5. The number of pyridine rings is 1. The number of halogens is 3. The molecule has 0 aliphatic carbocycles. The Hall–Kier alpha value is -2.29. The van der Waals surface area contributed by atoms with Crippen LogP contribution in [-0.2, 0) is 12.8 Å². The zero-order valence-corrected chi connectivity index (χ0v) is 21.3. The highest BCUT2D eigenvalue weighted by Gasteiger charge is 2.22. The summed E-state index contributed by atoms with van der Waals surface area (Å²) in [6, 6.07) is 6.86. The Balaban J connectivity index is 1.49. The van der Waals surface area contributed by atoms with E-state index >= 15 is 0 Å². The normalized spacial score (nSPS) is 15.5. The zero-order valence-electron chi connectivity index (χ0n) is 19.8. The number of tetrazole rings is 1. The third-order valence-electron chi connectivity index (χ3n) is 5.85. The Bertz CT molecular complexity index is 1130. The van der Waals surface area contributed by atoms with Crippen LogP contribution < -0.4 is 4.90 Å². The van der Waals surface area contributed by atoms with Gasteiger partial charge in [-0.3, -0.25) is 0 Å². The van der Waals surface area contributed by atoms with Crippen molar-refractivity contribution >= 4 is 29.0 Å². The fourth-order valence-corrected chi connectivity index (χ4v) is 4.79. The number of nitrogens with zero attached hydrogens (tertiary/aromatic N) is 7. The SMILES string of the molecule is CC(C)(C)CN1CCCN(c2ncccc2CCc2nnnn2-c2ccc(F)c(Cl)c2Cl)CC1. The van der Waals surface area contributed by atoms with Gasteiger partial charge in [0.2, 0.25) is 0 Å². The summed E-state index contributed by atoms with van der Waals surface area (Å²) in [5, 5.41) is 12.0. The molecule has 0 radical (unpaired) electrons. The van der Waals surface area contributed by atoms with E-state index in [1.54, 1.807) is 0 Å². The average molecular weight is 506 g/mol. The predicted molar refractivity (Wildman–Crippen MR) is 134 cm³/mol. The van der Waals surface area contributed by atoms with Crippen LogP contribution in [-0.4, -0.2) is 62.8 Å². The minimum absolute atomic E-state index is 0.0849. The molecule has 0 bridgehead atoms. The number of rotatable bonds is 6. The highest BCUT2D eigenvalue weighted by molar-refractivity contribution is 6.43. The molecule has 1 aliphatic rings. The molecule has 1 saturated heterocycles. The van der Waals surface area contributed by atoms with E-state index < -0.39 is 5.82 Å². The smallest absolute Gasteiger partial charge is 0.157 e. The van der Waals surface area contributed by atoms with E-state index in [2.05, 4.69) is 52.2 Å². The quantitative estimate of drug-likeness (QED) is 0.446. The first-order valence-corrected chi connectivity index (χ1v) is 12.3. The van der Waals surface area contributed by atoms with Crippen molar-refractivity contribution in [3.63, 3.8) is 0 Å². The van der Waals surface area contributed by atoms with Crippen LogP contribution in [0.4, 0.5) is 10.2 Å². The Labute approximate surface area is 209 Å². The van der Waals surface area contributed by atoms with Gasteiger partial charge in [-0.15, -0.1) is 5.10 Å². The summed E-state index contributed by atoms with van der Waals surface area (Å²) < 4.78 is 15.2. The second-order valence-electron chi connectivity index (χ2n) is 9.86. The highest BCUT2D eigenvalue weighted by atomic mass is 35.5. The number of benzene rings is 1. The lowest BCUT2D eigenvalue weighted by Gasteiger charge is -2.29. The summed E-state index contributed by atoms with van der Waals surface area (Å²) in [7, 11) is 0. The van der Waals surface area contributed by atoms with Gasteiger partial charge in [-0.05, 0) is 59.0 Å². The van der Waals surface area contributed by atoms with Crippen LogP contribution in [0.1, 0.15) is 38.6 Å². The van der Waals surface area contributed by atoms with Gasteiger partial charge in [0, 0.05) is 38.8 Å². The Morgan fingerprint density at radius 3 is 2.62 bits per heavy atom. The molecular weight excluding hydrogens is 476 g/mol. The van der Waals surface area contributed by atoms with Crippen molar-refractivity contribution in [3.05, 3.63) is 57.7 Å². The maximum absolute atomic E-state index is 13.7. The summed E-state index contributed by atoms with van der Waals surface area (Å²) in [5.74, 6) is 1.05. The molecule has 2 aromatic heterocycles. The van der Waals surface area contributed by atoms with Crippen molar-refractivity contribution in [2.75, 3.05) is 37.6 Å². The molecule has 1 aliphatic heterocycles. The van der Waals surface area contributed by atoms with Gasteiger partial charge in [0.1, 0.15) is 11.6 Å². The van der Waals surface area contributed by atoms with Gasteiger partial charge in [-0.1, -0.05) is 50.0 Å². The van der Waals surface area contributed by atoms with Crippen LogP contribution in [0.25, 0.3) is 5.69 Å². The van der Waals surface area contributed by atoms with Gasteiger partial charge in [0.05, 0.1) is 15.7 Å². The van der Waals surface area contributed by atoms with Crippen molar-refractivity contribution < 1.29 is 4.39 Å². The third-order valence-corrected chi connectivity index (χ3v) is 6.70. The molecule has 0 unspecified atom stereocenters. The van der Waals surface area contributed by atoms with E-state index in [4.69, 9.17) is 28.2 Å². The molecule has 1 aromatic carbocycles. The summed E-state index contributed by atoms with van der Waals surface area (Å²) >= 11 is 12.2. The van der Waals surface area contributed by atoms with Crippen molar-refractivity contribution in [2.45, 2.75) is 40.0 Å². The molecule has 182 valence electrons. The van der Waals surface area contributed by atoms with Gasteiger partial charge in [0.15, 0.2) is 5.82 Å². The standard InChI is InChI=1S/C24H30Cl2FN7/c1-24(2,3)16-32-12-5-13-33(15-14-32)23-17(6-4-11-28-23)7-10-20-29-30-31-34(20)19-9-8-18(27)21(25)22(19)26/h4,6,8-9,11H,5,7,10,12-16H2,1-3H3. The molecule has 7 nitrogen and oxygen atoms in total. The molecule has 10 heteroatoms. The first-order valence-electron chi connectivity index (χ1n) is 11.6. The van der Waals surface area contributed by atoms with E-state index in [1.807, 2.05) is 12.3 Å². The Morgan fingerprint density at radius 2 is 1.82 bits per heavy atom. The lowest BCUT2D eigenvalue weighted by molar-refractivity contribution is 0.202. The Kier molecular flexibility index (Phi) is 7.70. The molecule has 3 aromatic rings. The largest absolute Gasteiger partial charge is 0.355 e. The molecule has 1 fully saturated rings. The van der Waals surface area contributed by atoms with E-state index in [-0.39, 0.29) is 15.5 Å². The number of anilines is 1. The van der Waals surface area contributed by atoms with E-state index in [9.17, 15) is 4.39 Å². The topological polar surface area (TPSA) is 63.0 Å². The molecule has 0 amide bonds. The van der Waals surface area contributed by atoms with E-state index in [0.29, 0.717) is 24.4 Å². The molecule has 0 saturated carbocycles. The number of hydrogen-bond donors (Lipinski definition) is 0. The summed E-state index contributed by atoms with van der Waals surface area (Å²) in [4.78, 5) is 9.66. The zero-order chi connectivity index (χ0) is 24.3. The van der Waals surface area contributed by atoms with E-state index in [0.717, 1.165) is 50.5 Å². The average Bonchev–Trinajstić information content (AvgIpc) is 3.14. The van der Waals surface area contributed by atoms with Gasteiger partial charge in [0.25, 0.3) is 0 Å². The lowest BCUT2D eigenvalue weighted by atomic mass is 9.96. The molecule has 0 N–H and O–H groups in total. The van der Waals surface area contributed by atoms with Gasteiger partial charge < -0.3 is 9.80 Å². The summed E-state index contributed by atoms with van der Waals surface area (Å²) in [5.41, 5.74) is 1.88. The predicted octanol–water partition coefficient (Wildman–Crippen LogP) is 4.85.